The van der Waals surface area contributed by atoms with Gasteiger partial charge in [-0.1, -0.05) is 11.6 Å². The minimum atomic E-state index is -0.478. The number of nitro groups is 1. The fourth-order valence-electron chi connectivity index (χ4n) is 3.16. The van der Waals surface area contributed by atoms with E-state index in [1.807, 2.05) is 4.90 Å². The topological polar surface area (TPSA) is 85.2 Å². The SMILES string of the molecule is COc1ccc(C(=O)N2CCN(c3ccc([N+](=O)[O-])cc3Cl)CC2)c(OC)c1. The normalized spacial score (nSPS) is 14.0. The van der Waals surface area contributed by atoms with Crippen molar-refractivity contribution >= 4 is 28.9 Å². The average Bonchev–Trinajstić information content (AvgIpc) is 2.72. The van der Waals surface area contributed by atoms with E-state index >= 15 is 0 Å². The molecule has 0 spiro atoms. The zero-order valence-corrected chi connectivity index (χ0v) is 16.3. The fourth-order valence-corrected chi connectivity index (χ4v) is 3.46. The summed E-state index contributed by atoms with van der Waals surface area (Å²) in [6.45, 7) is 2.14. The lowest BCUT2D eigenvalue weighted by molar-refractivity contribution is -0.384. The quantitative estimate of drug-likeness (QED) is 0.560. The van der Waals surface area contributed by atoms with Crippen LogP contribution in [0, 0.1) is 10.1 Å². The molecule has 0 aromatic heterocycles. The number of hydrogen-bond donors (Lipinski definition) is 0. The van der Waals surface area contributed by atoms with E-state index in [9.17, 15) is 14.9 Å². The lowest BCUT2D eigenvalue weighted by Crippen LogP contribution is -2.49. The van der Waals surface area contributed by atoms with Crippen molar-refractivity contribution in [2.75, 3.05) is 45.3 Å². The van der Waals surface area contributed by atoms with Gasteiger partial charge in [0.15, 0.2) is 0 Å². The number of carbonyl (C=O) groups excluding carboxylic acids is 1. The number of amides is 1. The largest absolute Gasteiger partial charge is 0.497 e. The number of nitro benzene ring substituents is 1. The van der Waals surface area contributed by atoms with Crippen molar-refractivity contribution in [2.24, 2.45) is 0 Å². The minimum Gasteiger partial charge on any atom is -0.497 e. The number of ether oxygens (including phenoxy) is 2. The van der Waals surface area contributed by atoms with Gasteiger partial charge in [-0.2, -0.15) is 0 Å². The predicted molar refractivity (Wildman–Crippen MR) is 106 cm³/mol. The third kappa shape index (κ3) is 3.96. The van der Waals surface area contributed by atoms with Crippen molar-refractivity contribution < 1.29 is 19.2 Å². The van der Waals surface area contributed by atoms with E-state index in [1.165, 1.54) is 19.2 Å². The van der Waals surface area contributed by atoms with Gasteiger partial charge in [0.05, 0.1) is 35.4 Å². The van der Waals surface area contributed by atoms with Crippen LogP contribution in [0.5, 0.6) is 11.5 Å². The van der Waals surface area contributed by atoms with Crippen LogP contribution in [0.1, 0.15) is 10.4 Å². The molecular weight excluding hydrogens is 386 g/mol. The van der Waals surface area contributed by atoms with Crippen molar-refractivity contribution in [1.82, 2.24) is 4.90 Å². The molecule has 0 bridgehead atoms. The number of methoxy groups -OCH3 is 2. The number of piperazine rings is 1. The summed E-state index contributed by atoms with van der Waals surface area (Å²) in [5.41, 5.74) is 1.15. The highest BCUT2D eigenvalue weighted by molar-refractivity contribution is 6.33. The summed E-state index contributed by atoms with van der Waals surface area (Å²) in [7, 11) is 3.07. The molecule has 0 radical (unpaired) electrons. The molecule has 2 aromatic carbocycles. The molecule has 0 saturated carbocycles. The molecule has 148 valence electrons. The highest BCUT2D eigenvalue weighted by atomic mass is 35.5. The molecule has 0 unspecified atom stereocenters. The second kappa shape index (κ2) is 8.35. The number of halogens is 1. The lowest BCUT2D eigenvalue weighted by atomic mass is 10.1. The second-order valence-electron chi connectivity index (χ2n) is 6.24. The maximum absolute atomic E-state index is 12.9. The molecule has 1 aliphatic heterocycles. The van der Waals surface area contributed by atoms with Gasteiger partial charge in [0, 0.05) is 44.4 Å². The van der Waals surface area contributed by atoms with Gasteiger partial charge < -0.3 is 19.3 Å². The standard InChI is InChI=1S/C19H20ClN3O5/c1-27-14-4-5-15(18(12-14)28-2)19(24)22-9-7-21(8-10-22)17-6-3-13(23(25)26)11-16(17)20/h3-6,11-12H,7-10H2,1-2H3. The summed E-state index contributed by atoms with van der Waals surface area (Å²) in [5.74, 6) is 0.963. The number of rotatable bonds is 5. The maximum atomic E-state index is 12.9. The van der Waals surface area contributed by atoms with Gasteiger partial charge in [-0.3, -0.25) is 14.9 Å². The van der Waals surface area contributed by atoms with E-state index in [-0.39, 0.29) is 11.6 Å². The Morgan fingerprint density at radius 3 is 2.36 bits per heavy atom. The maximum Gasteiger partial charge on any atom is 0.271 e. The van der Waals surface area contributed by atoms with Crippen molar-refractivity contribution in [3.8, 4) is 11.5 Å². The summed E-state index contributed by atoms with van der Waals surface area (Å²) in [6, 6.07) is 9.52. The summed E-state index contributed by atoms with van der Waals surface area (Å²) in [5, 5.41) is 11.2. The molecule has 0 aliphatic carbocycles. The molecule has 1 amide bonds. The average molecular weight is 406 g/mol. The molecule has 28 heavy (non-hydrogen) atoms. The van der Waals surface area contributed by atoms with E-state index in [0.29, 0.717) is 48.3 Å². The first-order valence-corrected chi connectivity index (χ1v) is 9.02. The minimum absolute atomic E-state index is 0.0471. The number of carbonyl (C=O) groups is 1. The van der Waals surface area contributed by atoms with Crippen LogP contribution in [0.3, 0.4) is 0 Å². The van der Waals surface area contributed by atoms with Crippen molar-refractivity contribution in [2.45, 2.75) is 0 Å². The summed E-state index contributed by atoms with van der Waals surface area (Å²) >= 11 is 6.21. The molecule has 0 N–H and O–H groups in total. The van der Waals surface area contributed by atoms with Crippen molar-refractivity contribution in [3.63, 3.8) is 0 Å². The molecular formula is C19H20ClN3O5. The van der Waals surface area contributed by atoms with Crippen molar-refractivity contribution in [3.05, 3.63) is 57.1 Å². The van der Waals surface area contributed by atoms with Crippen LogP contribution in [0.25, 0.3) is 0 Å². The van der Waals surface area contributed by atoms with E-state index in [4.69, 9.17) is 21.1 Å². The molecule has 9 heteroatoms. The van der Waals surface area contributed by atoms with Gasteiger partial charge >= 0.3 is 0 Å². The van der Waals surface area contributed by atoms with Gasteiger partial charge in [0.2, 0.25) is 0 Å². The zero-order chi connectivity index (χ0) is 20.3. The number of benzene rings is 2. The Morgan fingerprint density at radius 1 is 1.07 bits per heavy atom. The van der Waals surface area contributed by atoms with Crippen LogP contribution in [-0.4, -0.2) is 56.1 Å². The van der Waals surface area contributed by atoms with Crippen LogP contribution in [0.15, 0.2) is 36.4 Å². The fraction of sp³-hybridized carbons (Fsp3) is 0.316. The first-order chi connectivity index (χ1) is 13.4. The Balaban J connectivity index is 1.70. The number of hydrogen-bond acceptors (Lipinski definition) is 6. The smallest absolute Gasteiger partial charge is 0.271 e. The lowest BCUT2D eigenvalue weighted by Gasteiger charge is -2.36. The molecule has 1 fully saturated rings. The predicted octanol–water partition coefficient (Wildman–Crippen LogP) is 3.23. The third-order valence-electron chi connectivity index (χ3n) is 4.69. The molecule has 3 rings (SSSR count). The molecule has 1 saturated heterocycles. The summed E-state index contributed by atoms with van der Waals surface area (Å²) in [4.78, 5) is 27.0. The van der Waals surface area contributed by atoms with E-state index in [1.54, 1.807) is 36.3 Å². The zero-order valence-electron chi connectivity index (χ0n) is 15.6. The van der Waals surface area contributed by atoms with E-state index in [0.717, 1.165) is 5.69 Å². The number of anilines is 1. The highest BCUT2D eigenvalue weighted by Crippen LogP contribution is 2.31. The molecule has 0 atom stereocenters. The highest BCUT2D eigenvalue weighted by Gasteiger charge is 2.26. The summed E-state index contributed by atoms with van der Waals surface area (Å²) < 4.78 is 10.5. The van der Waals surface area contributed by atoms with E-state index in [2.05, 4.69) is 0 Å². The van der Waals surface area contributed by atoms with Gasteiger partial charge in [-0.05, 0) is 18.2 Å². The van der Waals surface area contributed by atoms with Gasteiger partial charge in [0.1, 0.15) is 11.5 Å². The number of non-ortho nitro benzene ring substituents is 1. The van der Waals surface area contributed by atoms with Gasteiger partial charge in [-0.15, -0.1) is 0 Å². The van der Waals surface area contributed by atoms with Crippen molar-refractivity contribution in [1.29, 1.82) is 0 Å². The van der Waals surface area contributed by atoms with Crippen LogP contribution in [-0.2, 0) is 0 Å². The monoisotopic (exact) mass is 405 g/mol. The first kappa shape index (κ1) is 19.8. The molecule has 2 aromatic rings. The Morgan fingerprint density at radius 2 is 1.79 bits per heavy atom. The van der Waals surface area contributed by atoms with Crippen LogP contribution in [0.2, 0.25) is 5.02 Å². The number of nitrogens with zero attached hydrogens (tertiary/aromatic N) is 3. The molecule has 1 aliphatic rings. The molecule has 8 nitrogen and oxygen atoms in total. The Bertz CT molecular complexity index is 897. The first-order valence-electron chi connectivity index (χ1n) is 8.64. The Labute approximate surface area is 167 Å². The van der Waals surface area contributed by atoms with Crippen LogP contribution in [0.4, 0.5) is 11.4 Å². The Hall–Kier alpha value is -3.00. The molecule has 1 heterocycles. The van der Waals surface area contributed by atoms with Gasteiger partial charge in [0.25, 0.3) is 11.6 Å². The Kier molecular flexibility index (Phi) is 5.89. The van der Waals surface area contributed by atoms with E-state index < -0.39 is 4.92 Å². The third-order valence-corrected chi connectivity index (χ3v) is 4.99. The van der Waals surface area contributed by atoms with Gasteiger partial charge in [-0.25, -0.2) is 0 Å². The van der Waals surface area contributed by atoms with Crippen LogP contribution < -0.4 is 14.4 Å². The summed E-state index contributed by atoms with van der Waals surface area (Å²) in [6.07, 6.45) is 0. The second-order valence-corrected chi connectivity index (χ2v) is 6.65. The van der Waals surface area contributed by atoms with Crippen LogP contribution >= 0.6 is 11.6 Å².